The summed E-state index contributed by atoms with van der Waals surface area (Å²) in [5.74, 6) is -4.33. The van der Waals surface area contributed by atoms with Gasteiger partial charge in [-0.05, 0) is 67.9 Å². The van der Waals surface area contributed by atoms with Gasteiger partial charge in [-0.2, -0.15) is 0 Å². The van der Waals surface area contributed by atoms with E-state index in [1.165, 1.54) is 17.0 Å². The second-order valence-corrected chi connectivity index (χ2v) is 13.4. The summed E-state index contributed by atoms with van der Waals surface area (Å²) in [6.07, 6.45) is -2.91. The topological polar surface area (TPSA) is 153 Å². The summed E-state index contributed by atoms with van der Waals surface area (Å²) in [6, 6.07) is 6.47. The summed E-state index contributed by atoms with van der Waals surface area (Å²) in [5.41, 5.74) is -1.86. The van der Waals surface area contributed by atoms with Gasteiger partial charge in [-0.1, -0.05) is 11.6 Å². The highest BCUT2D eigenvalue weighted by Gasteiger charge is 2.60. The van der Waals surface area contributed by atoms with Gasteiger partial charge in [0.2, 0.25) is 0 Å². The zero-order valence-corrected chi connectivity index (χ0v) is 23.2. The van der Waals surface area contributed by atoms with Crippen molar-refractivity contribution in [3.63, 3.8) is 0 Å². The van der Waals surface area contributed by atoms with Crippen molar-refractivity contribution in [2.45, 2.75) is 53.6 Å². The van der Waals surface area contributed by atoms with E-state index in [0.29, 0.717) is 12.8 Å². The number of carbonyl (C=O) groups excluding carboxylic acids is 2. The number of hydrogen-bond donors (Lipinski definition) is 4. The van der Waals surface area contributed by atoms with E-state index < -0.39 is 68.4 Å². The maximum atomic E-state index is 13.8. The third-order valence-corrected chi connectivity index (χ3v) is 11.1. The number of rotatable bonds is 8. The number of benzene rings is 2. The standard InChI is InChI=1S/C27H29ClF2N2O8S/c28-19-5-1-14(25(35)31-17-4-6-20(29)21(30)12-17)9-23(19)41(38,39)18-10-15-2-3-16(11-18)27(15,37)24(34)22(33)13-32-7-8-40-26(32)36/h1,4-6,9,12,15-16,18,22,24,33-34,37H,2-3,7-8,10-11,13H2,(H,31,35)/t15-,16+,18?,22?,24?,27?. The summed E-state index contributed by atoms with van der Waals surface area (Å²) in [7, 11) is -4.13. The van der Waals surface area contributed by atoms with Gasteiger partial charge in [0.05, 0.1) is 33.9 Å². The Kier molecular flexibility index (Phi) is 8.03. The largest absolute Gasteiger partial charge is 0.448 e. The van der Waals surface area contributed by atoms with Crippen LogP contribution in [0.3, 0.4) is 0 Å². The molecule has 2 saturated carbocycles. The van der Waals surface area contributed by atoms with Crippen molar-refractivity contribution in [3.05, 3.63) is 58.6 Å². The molecule has 4 N–H and O–H groups in total. The maximum Gasteiger partial charge on any atom is 0.410 e. The number of amides is 2. The summed E-state index contributed by atoms with van der Waals surface area (Å²) in [5, 5.41) is 34.5. The van der Waals surface area contributed by atoms with E-state index in [0.717, 1.165) is 24.3 Å². The van der Waals surface area contributed by atoms with Crippen LogP contribution in [-0.4, -0.2) is 83.4 Å². The minimum Gasteiger partial charge on any atom is -0.448 e. The van der Waals surface area contributed by atoms with Crippen LogP contribution in [-0.2, 0) is 14.6 Å². The lowest BCUT2D eigenvalue weighted by atomic mass is 9.70. The number of halogens is 3. The molecule has 3 fully saturated rings. The molecule has 222 valence electrons. The van der Waals surface area contributed by atoms with Crippen molar-refractivity contribution >= 4 is 39.1 Å². The van der Waals surface area contributed by atoms with Crippen LogP contribution in [0, 0.1) is 23.5 Å². The van der Waals surface area contributed by atoms with Crippen LogP contribution in [0.1, 0.15) is 36.0 Å². The van der Waals surface area contributed by atoms with Crippen LogP contribution in [0.5, 0.6) is 0 Å². The number of aliphatic hydroxyl groups excluding tert-OH is 2. The molecule has 6 atom stereocenters. The first-order valence-electron chi connectivity index (χ1n) is 13.1. The highest BCUT2D eigenvalue weighted by molar-refractivity contribution is 7.92. The van der Waals surface area contributed by atoms with Gasteiger partial charge in [-0.3, -0.25) is 4.79 Å². The van der Waals surface area contributed by atoms with Crippen molar-refractivity contribution in [1.29, 1.82) is 0 Å². The highest BCUT2D eigenvalue weighted by atomic mass is 35.5. The van der Waals surface area contributed by atoms with Gasteiger partial charge in [0.15, 0.2) is 21.5 Å². The van der Waals surface area contributed by atoms with Crippen LogP contribution < -0.4 is 5.32 Å². The second kappa shape index (κ2) is 11.1. The molecule has 2 aromatic rings. The molecular formula is C27H29ClF2N2O8S. The Morgan fingerprint density at radius 2 is 1.80 bits per heavy atom. The van der Waals surface area contributed by atoms with Crippen LogP contribution in [0.4, 0.5) is 19.3 Å². The number of nitrogens with zero attached hydrogens (tertiary/aromatic N) is 1. The Morgan fingerprint density at radius 3 is 2.41 bits per heavy atom. The first-order chi connectivity index (χ1) is 19.3. The molecule has 1 heterocycles. The van der Waals surface area contributed by atoms with Gasteiger partial charge in [0.1, 0.15) is 18.8 Å². The number of carbonyl (C=O) groups is 2. The fraction of sp³-hybridized carbons (Fsp3) is 0.481. The zero-order valence-electron chi connectivity index (χ0n) is 21.7. The fourth-order valence-corrected chi connectivity index (χ4v) is 8.73. The maximum absolute atomic E-state index is 13.8. The highest BCUT2D eigenvalue weighted by Crippen LogP contribution is 2.54. The molecule has 2 amide bonds. The molecule has 0 radical (unpaired) electrons. The third-order valence-electron chi connectivity index (χ3n) is 8.47. The quantitative estimate of drug-likeness (QED) is 0.354. The van der Waals surface area contributed by atoms with Crippen LogP contribution in [0.25, 0.3) is 0 Å². The lowest BCUT2D eigenvalue weighted by Crippen LogP contribution is -2.60. The molecule has 2 aliphatic carbocycles. The fourth-order valence-electron chi connectivity index (χ4n) is 6.32. The smallest absolute Gasteiger partial charge is 0.410 e. The first kappa shape index (κ1) is 29.6. The molecule has 0 spiro atoms. The summed E-state index contributed by atoms with van der Waals surface area (Å²) < 4.78 is 59.1. The number of ether oxygens (including phenoxy) is 1. The number of anilines is 1. The number of β-amino-alcohol motifs (C(OH)–C–C–N with tert-alkyl or cyclic N) is 1. The summed E-state index contributed by atoms with van der Waals surface area (Å²) in [6.45, 7) is 0.165. The molecule has 2 aromatic carbocycles. The molecule has 2 bridgehead atoms. The number of nitrogens with one attached hydrogen (secondary N) is 1. The van der Waals surface area contributed by atoms with Crippen LogP contribution in [0.2, 0.25) is 5.02 Å². The van der Waals surface area contributed by atoms with Gasteiger partial charge in [-0.15, -0.1) is 0 Å². The van der Waals surface area contributed by atoms with E-state index in [9.17, 15) is 42.1 Å². The minimum absolute atomic E-state index is 0.0214. The molecule has 1 saturated heterocycles. The van der Waals surface area contributed by atoms with Crippen molar-refractivity contribution < 1.29 is 46.8 Å². The number of fused-ring (bicyclic) bond motifs is 2. The number of cyclic esters (lactones) is 1. The predicted molar refractivity (Wildman–Crippen MR) is 142 cm³/mol. The van der Waals surface area contributed by atoms with Crippen molar-refractivity contribution in [2.24, 2.45) is 11.8 Å². The third kappa shape index (κ3) is 5.41. The number of hydrogen-bond acceptors (Lipinski definition) is 8. The predicted octanol–water partition coefficient (Wildman–Crippen LogP) is 2.74. The Hall–Kier alpha value is -2.84. The van der Waals surface area contributed by atoms with E-state index in [1.54, 1.807) is 0 Å². The molecule has 4 unspecified atom stereocenters. The van der Waals surface area contributed by atoms with Gasteiger partial charge >= 0.3 is 6.09 Å². The summed E-state index contributed by atoms with van der Waals surface area (Å²) in [4.78, 5) is 25.5. The average molecular weight is 615 g/mol. The Morgan fingerprint density at radius 1 is 1.12 bits per heavy atom. The Labute approximate surface area is 239 Å². The van der Waals surface area contributed by atoms with E-state index in [-0.39, 0.29) is 53.7 Å². The SMILES string of the molecule is O=C(Nc1ccc(F)c(F)c1)c1ccc(Cl)c(S(=O)(=O)C2C[C@H]3CC[C@@H](C2)C3(O)C(O)C(O)CN2CCOC2=O)c1. The average Bonchev–Trinajstić information content (AvgIpc) is 3.37. The van der Waals surface area contributed by atoms with Gasteiger partial charge in [0.25, 0.3) is 5.91 Å². The minimum atomic E-state index is -4.13. The van der Waals surface area contributed by atoms with Crippen molar-refractivity contribution in [3.8, 4) is 0 Å². The molecule has 5 rings (SSSR count). The van der Waals surface area contributed by atoms with Crippen LogP contribution >= 0.6 is 11.6 Å². The molecule has 3 aliphatic rings. The monoisotopic (exact) mass is 614 g/mol. The number of aliphatic hydroxyl groups is 3. The Balaban J connectivity index is 1.33. The lowest BCUT2D eigenvalue weighted by molar-refractivity contribution is -0.177. The Bertz CT molecular complexity index is 1460. The van der Waals surface area contributed by atoms with E-state index >= 15 is 0 Å². The normalized spacial score (nSPS) is 27.4. The van der Waals surface area contributed by atoms with Gasteiger partial charge in [-0.25, -0.2) is 22.0 Å². The summed E-state index contributed by atoms with van der Waals surface area (Å²) >= 11 is 6.27. The van der Waals surface area contributed by atoms with Crippen molar-refractivity contribution in [2.75, 3.05) is 25.0 Å². The zero-order chi connectivity index (χ0) is 29.7. The molecule has 41 heavy (non-hydrogen) atoms. The van der Waals surface area contributed by atoms with Crippen molar-refractivity contribution in [1.82, 2.24) is 4.90 Å². The van der Waals surface area contributed by atoms with Crippen LogP contribution in [0.15, 0.2) is 41.3 Å². The van der Waals surface area contributed by atoms with E-state index in [1.807, 2.05) is 0 Å². The molecule has 0 aromatic heterocycles. The molecule has 14 heteroatoms. The number of sulfone groups is 1. The van der Waals surface area contributed by atoms with E-state index in [4.69, 9.17) is 16.3 Å². The molecular weight excluding hydrogens is 586 g/mol. The molecule has 10 nitrogen and oxygen atoms in total. The lowest BCUT2D eigenvalue weighted by Gasteiger charge is -2.46. The van der Waals surface area contributed by atoms with Gasteiger partial charge in [0, 0.05) is 17.3 Å². The second-order valence-electron chi connectivity index (χ2n) is 10.8. The van der Waals surface area contributed by atoms with Gasteiger partial charge < -0.3 is 30.3 Å². The first-order valence-corrected chi connectivity index (χ1v) is 15.0. The van der Waals surface area contributed by atoms with E-state index in [2.05, 4.69) is 5.32 Å². The molecule has 1 aliphatic heterocycles.